The number of fused-ring (bicyclic) bond motifs is 1. The molecule has 1 aliphatic carbocycles. The molecule has 3 rings (SSSR count). The van der Waals surface area contributed by atoms with Crippen molar-refractivity contribution in [3.05, 3.63) is 64.1 Å². The summed E-state index contributed by atoms with van der Waals surface area (Å²) >= 11 is 0. The summed E-state index contributed by atoms with van der Waals surface area (Å²) in [6.07, 6.45) is 4.87. The summed E-state index contributed by atoms with van der Waals surface area (Å²) in [6, 6.07) is 3.37. The van der Waals surface area contributed by atoms with Crippen LogP contribution >= 0.6 is 0 Å². The second kappa shape index (κ2) is 9.30. The molecule has 0 radical (unpaired) electrons. The van der Waals surface area contributed by atoms with Gasteiger partial charge in [-0.15, -0.1) is 0 Å². The first-order valence-corrected chi connectivity index (χ1v) is 10.4. The first-order valence-electron chi connectivity index (χ1n) is 10.4. The number of carbonyl (C=O) groups excluding carboxylic acids is 1. The Morgan fingerprint density at radius 1 is 1.47 bits per heavy atom. The minimum Gasteiger partial charge on any atom is -0.411 e. The van der Waals surface area contributed by atoms with E-state index in [1.807, 2.05) is 26.8 Å². The number of amides is 1. The van der Waals surface area contributed by atoms with E-state index in [2.05, 4.69) is 22.0 Å². The normalized spacial score (nSPS) is 19.2. The molecule has 2 aromatic rings. The number of aryl methyl sites for hydroxylation is 1. The number of oxime groups is 1. The summed E-state index contributed by atoms with van der Waals surface area (Å²) in [5, 5.41) is 15.7. The van der Waals surface area contributed by atoms with E-state index in [1.165, 1.54) is 4.57 Å². The Hall–Kier alpha value is -3.55. The number of rotatable bonds is 7. The average Bonchev–Trinajstić information content (AvgIpc) is 3.50. The third-order valence-electron chi connectivity index (χ3n) is 5.63. The van der Waals surface area contributed by atoms with E-state index in [0.29, 0.717) is 34.2 Å². The van der Waals surface area contributed by atoms with Gasteiger partial charge >= 0.3 is 0 Å². The van der Waals surface area contributed by atoms with Gasteiger partial charge in [-0.1, -0.05) is 30.8 Å². The maximum Gasteiger partial charge on any atom is 0.258 e. The molecule has 1 saturated carbocycles. The smallest absolute Gasteiger partial charge is 0.258 e. The summed E-state index contributed by atoms with van der Waals surface area (Å²) in [6.45, 7) is 9.51. The van der Waals surface area contributed by atoms with E-state index in [4.69, 9.17) is 5.21 Å². The summed E-state index contributed by atoms with van der Waals surface area (Å²) < 4.78 is 14.6. The summed E-state index contributed by atoms with van der Waals surface area (Å²) in [7, 11) is 1.65. The number of nitrogens with one attached hydrogen (secondary N) is 1. The zero-order valence-corrected chi connectivity index (χ0v) is 18.6. The lowest BCUT2D eigenvalue weighted by Gasteiger charge is -2.14. The van der Waals surface area contributed by atoms with E-state index < -0.39 is 18.0 Å². The van der Waals surface area contributed by atoms with Crippen LogP contribution in [0.15, 0.2) is 58.2 Å². The van der Waals surface area contributed by atoms with Crippen molar-refractivity contribution in [3.63, 3.8) is 0 Å². The molecule has 2 unspecified atom stereocenters. The van der Waals surface area contributed by atoms with E-state index in [1.54, 1.807) is 31.5 Å². The largest absolute Gasteiger partial charge is 0.411 e. The fourth-order valence-corrected chi connectivity index (χ4v) is 3.66. The van der Waals surface area contributed by atoms with Gasteiger partial charge in [0.05, 0.1) is 17.1 Å². The van der Waals surface area contributed by atoms with Crippen LogP contribution in [0, 0.1) is 5.92 Å². The molecule has 2 N–H and O–H groups in total. The van der Waals surface area contributed by atoms with Crippen LogP contribution in [-0.2, 0) is 11.8 Å². The van der Waals surface area contributed by atoms with Crippen molar-refractivity contribution in [2.75, 3.05) is 5.32 Å². The van der Waals surface area contributed by atoms with Gasteiger partial charge in [0.25, 0.3) is 5.56 Å². The third-order valence-corrected chi connectivity index (χ3v) is 5.63. The van der Waals surface area contributed by atoms with Gasteiger partial charge in [-0.05, 0) is 49.5 Å². The van der Waals surface area contributed by atoms with Crippen molar-refractivity contribution in [2.45, 2.75) is 39.8 Å². The minimum absolute atomic E-state index is 0.218. The highest BCUT2D eigenvalue weighted by Crippen LogP contribution is 2.34. The number of hydrogen-bond acceptors (Lipinski definition) is 5. The molecule has 1 amide bonds. The number of pyridine rings is 2. The lowest BCUT2D eigenvalue weighted by molar-refractivity contribution is -0.117. The molecule has 0 aliphatic heterocycles. The number of halogens is 1. The topological polar surface area (TPSA) is 96.6 Å². The van der Waals surface area contributed by atoms with Crippen LogP contribution < -0.4 is 10.9 Å². The third kappa shape index (κ3) is 4.54. The lowest BCUT2D eigenvalue weighted by atomic mass is 9.96. The fourth-order valence-electron chi connectivity index (χ4n) is 3.66. The van der Waals surface area contributed by atoms with Gasteiger partial charge in [-0.25, -0.2) is 9.37 Å². The summed E-state index contributed by atoms with van der Waals surface area (Å²) in [4.78, 5) is 29.4. The second-order valence-corrected chi connectivity index (χ2v) is 7.85. The lowest BCUT2D eigenvalue weighted by Crippen LogP contribution is -2.22. The molecule has 2 atom stereocenters. The fraction of sp³-hybridized carbons (Fsp3) is 0.333. The number of alkyl halides is 1. The van der Waals surface area contributed by atoms with Gasteiger partial charge in [-0.3, -0.25) is 9.59 Å². The zero-order chi connectivity index (χ0) is 23.6. The van der Waals surface area contributed by atoms with Crippen molar-refractivity contribution in [1.82, 2.24) is 9.55 Å². The van der Waals surface area contributed by atoms with Crippen molar-refractivity contribution < 1.29 is 14.4 Å². The van der Waals surface area contributed by atoms with Crippen LogP contribution in [0.25, 0.3) is 16.5 Å². The maximum atomic E-state index is 13.2. The van der Waals surface area contributed by atoms with Crippen LogP contribution in [0.3, 0.4) is 0 Å². The van der Waals surface area contributed by atoms with Gasteiger partial charge < -0.3 is 15.1 Å². The van der Waals surface area contributed by atoms with E-state index in [0.717, 1.165) is 11.1 Å². The second-order valence-electron chi connectivity index (χ2n) is 7.85. The molecule has 1 fully saturated rings. The first kappa shape index (κ1) is 23.1. The quantitative estimate of drug-likeness (QED) is 0.290. The van der Waals surface area contributed by atoms with Crippen molar-refractivity contribution in [1.29, 1.82) is 0 Å². The van der Waals surface area contributed by atoms with Gasteiger partial charge in [0, 0.05) is 30.3 Å². The molecule has 0 bridgehead atoms. The Labute approximate surface area is 185 Å². The number of allylic oxidation sites excluding steroid dienone is 5. The molecule has 0 aromatic carbocycles. The molecule has 8 heteroatoms. The molecule has 2 heterocycles. The molecule has 0 saturated heterocycles. The highest BCUT2D eigenvalue weighted by molar-refractivity contribution is 6.02. The number of hydrogen-bond donors (Lipinski definition) is 2. The molecule has 7 nitrogen and oxygen atoms in total. The van der Waals surface area contributed by atoms with Gasteiger partial charge in [0.1, 0.15) is 12.0 Å². The Morgan fingerprint density at radius 3 is 2.72 bits per heavy atom. The minimum atomic E-state index is -1.09. The van der Waals surface area contributed by atoms with Crippen LogP contribution in [0.2, 0.25) is 0 Å². The van der Waals surface area contributed by atoms with E-state index in [9.17, 15) is 14.0 Å². The molecule has 2 aromatic heterocycles. The highest BCUT2D eigenvalue weighted by Gasteiger charge is 2.43. The summed E-state index contributed by atoms with van der Waals surface area (Å²) in [5.41, 5.74) is 3.42. The van der Waals surface area contributed by atoms with Gasteiger partial charge in [-0.2, -0.15) is 0 Å². The Morgan fingerprint density at radius 2 is 2.16 bits per heavy atom. The van der Waals surface area contributed by atoms with Crippen molar-refractivity contribution >= 4 is 33.9 Å². The molecule has 0 spiro atoms. The molecular formula is C24H27FN4O3. The molecule has 168 valence electrons. The number of nitrogens with zero attached hydrogens (tertiary/aromatic N) is 3. The standard InChI is InChI=1S/C24H27FN4O3/c1-6-16(13(3)8-14(4)20(7-2)28-32)17-9-15-12-26-22(11-21(15)29(5)24(17)31)27-23(30)18-10-19(18)25/h6,8-9,11-12,18-19,32H,4,7,10H2,1-3,5H3,(H,26,27,30)/b13-8-,16-6+,28-20-. The van der Waals surface area contributed by atoms with Crippen LogP contribution in [0.5, 0.6) is 0 Å². The molecular weight excluding hydrogens is 411 g/mol. The number of carbonyl (C=O) groups is 1. The molecule has 1 aliphatic rings. The highest BCUT2D eigenvalue weighted by atomic mass is 19.1. The van der Waals surface area contributed by atoms with Gasteiger partial charge in [0.2, 0.25) is 5.91 Å². The maximum absolute atomic E-state index is 13.2. The number of aromatic nitrogens is 2. The zero-order valence-electron chi connectivity index (χ0n) is 18.6. The Balaban J connectivity index is 1.99. The van der Waals surface area contributed by atoms with Crippen molar-refractivity contribution in [3.8, 4) is 0 Å². The monoisotopic (exact) mass is 438 g/mol. The summed E-state index contributed by atoms with van der Waals surface area (Å²) in [5.74, 6) is -0.746. The Bertz CT molecular complexity index is 1240. The first-order chi connectivity index (χ1) is 15.2. The average molecular weight is 439 g/mol. The van der Waals surface area contributed by atoms with Crippen LogP contribution in [0.1, 0.15) is 39.2 Å². The predicted octanol–water partition coefficient (Wildman–Crippen LogP) is 4.38. The molecule has 32 heavy (non-hydrogen) atoms. The van der Waals surface area contributed by atoms with E-state index in [-0.39, 0.29) is 17.8 Å². The SMILES string of the molecule is C=C(/C=C(C)\C(=C/C)c1cc2cnc(NC(=O)C3CC3F)cc2n(C)c1=O)/C(CC)=N\O. The van der Waals surface area contributed by atoms with Gasteiger partial charge in [0.15, 0.2) is 0 Å². The van der Waals surface area contributed by atoms with Crippen LogP contribution in [-0.4, -0.2) is 32.5 Å². The van der Waals surface area contributed by atoms with E-state index >= 15 is 0 Å². The van der Waals surface area contributed by atoms with Crippen molar-refractivity contribution in [2.24, 2.45) is 18.1 Å². The number of anilines is 1. The predicted molar refractivity (Wildman–Crippen MR) is 125 cm³/mol. The van der Waals surface area contributed by atoms with Crippen LogP contribution in [0.4, 0.5) is 10.2 Å². The Kier molecular flexibility index (Phi) is 6.72.